The van der Waals surface area contributed by atoms with Crippen LogP contribution in [0.3, 0.4) is 0 Å². The highest BCUT2D eigenvalue weighted by molar-refractivity contribution is 9.10. The first kappa shape index (κ1) is 13.6. The van der Waals surface area contributed by atoms with Crippen LogP contribution in [-0.2, 0) is 5.54 Å². The van der Waals surface area contributed by atoms with Gasteiger partial charge in [-0.3, -0.25) is 4.79 Å². The second kappa shape index (κ2) is 4.23. The van der Waals surface area contributed by atoms with Gasteiger partial charge in [-0.2, -0.15) is 0 Å². The van der Waals surface area contributed by atoms with Crippen LogP contribution in [0.1, 0.15) is 39.3 Å². The summed E-state index contributed by atoms with van der Waals surface area (Å²) in [6.45, 7) is 0. The topological polar surface area (TPSA) is 62.5 Å². The van der Waals surface area contributed by atoms with Gasteiger partial charge in [-0.1, -0.05) is 22.0 Å². The molecule has 0 saturated heterocycles. The highest BCUT2D eigenvalue weighted by atomic mass is 79.9. The van der Waals surface area contributed by atoms with E-state index in [1.807, 2.05) is 18.2 Å². The molecule has 1 saturated carbocycles. The molecule has 1 N–H and O–H groups in total. The summed E-state index contributed by atoms with van der Waals surface area (Å²) in [7, 11) is 1.80. The molecule has 1 amide bonds. The Labute approximate surface area is 135 Å². The number of carbonyl (C=O) groups excluding carboxylic acids is 1. The highest BCUT2D eigenvalue weighted by Crippen LogP contribution is 2.54. The van der Waals surface area contributed by atoms with Crippen LogP contribution < -0.4 is 0 Å². The standard InChI is InChI=1S/C16H13BrN2O3/c1-18-14(20)13-6-9(15(21)22)8-19(13)12-7-10(17)2-3-11(12)16(18)4-5-16/h2-3,6-8H,4-5H2,1H3,(H,21,22). The molecule has 1 spiro atoms. The molecule has 0 unspecified atom stereocenters. The van der Waals surface area contributed by atoms with E-state index in [1.54, 1.807) is 16.5 Å². The van der Waals surface area contributed by atoms with Crippen LogP contribution in [-0.4, -0.2) is 33.5 Å². The molecule has 1 aromatic carbocycles. The predicted octanol–water partition coefficient (Wildman–Crippen LogP) is 3.01. The number of fused-ring (bicyclic) bond motifs is 4. The minimum atomic E-state index is -1.03. The molecule has 22 heavy (non-hydrogen) atoms. The molecular weight excluding hydrogens is 348 g/mol. The van der Waals surface area contributed by atoms with Gasteiger partial charge in [0.2, 0.25) is 0 Å². The maximum Gasteiger partial charge on any atom is 0.337 e. The van der Waals surface area contributed by atoms with Crippen molar-refractivity contribution in [3.8, 4) is 5.69 Å². The van der Waals surface area contributed by atoms with Gasteiger partial charge in [-0.15, -0.1) is 0 Å². The number of rotatable bonds is 1. The van der Waals surface area contributed by atoms with Gasteiger partial charge in [0.1, 0.15) is 5.69 Å². The fourth-order valence-electron chi connectivity index (χ4n) is 3.31. The number of carbonyl (C=O) groups is 2. The predicted molar refractivity (Wildman–Crippen MR) is 83.4 cm³/mol. The van der Waals surface area contributed by atoms with Gasteiger partial charge >= 0.3 is 5.97 Å². The first-order valence-corrected chi connectivity index (χ1v) is 7.77. The Kier molecular flexibility index (Phi) is 2.61. The summed E-state index contributed by atoms with van der Waals surface area (Å²) >= 11 is 3.46. The molecule has 112 valence electrons. The summed E-state index contributed by atoms with van der Waals surface area (Å²) in [6, 6.07) is 7.37. The van der Waals surface area contributed by atoms with Crippen LogP contribution in [0.2, 0.25) is 0 Å². The summed E-state index contributed by atoms with van der Waals surface area (Å²) in [4.78, 5) is 25.8. The van der Waals surface area contributed by atoms with Crippen LogP contribution in [0.25, 0.3) is 5.69 Å². The van der Waals surface area contributed by atoms with Crippen molar-refractivity contribution in [1.29, 1.82) is 0 Å². The molecule has 2 aliphatic rings. The van der Waals surface area contributed by atoms with Crippen molar-refractivity contribution in [3.05, 3.63) is 51.8 Å². The number of hydrogen-bond donors (Lipinski definition) is 1. The van der Waals surface area contributed by atoms with Gasteiger partial charge in [-0.05, 0) is 31.0 Å². The number of carboxylic acid groups (broad SMARTS) is 1. The molecule has 1 aliphatic carbocycles. The Balaban J connectivity index is 2.06. The third-order valence-electron chi connectivity index (χ3n) is 4.68. The lowest BCUT2D eigenvalue weighted by molar-refractivity contribution is 0.0695. The number of carboxylic acids is 1. The van der Waals surface area contributed by atoms with E-state index in [4.69, 9.17) is 0 Å². The van der Waals surface area contributed by atoms with Gasteiger partial charge in [0.25, 0.3) is 5.91 Å². The molecule has 1 aliphatic heterocycles. The van der Waals surface area contributed by atoms with Gasteiger partial charge in [0.05, 0.1) is 16.8 Å². The van der Waals surface area contributed by atoms with Crippen molar-refractivity contribution in [2.45, 2.75) is 18.4 Å². The Morgan fingerprint density at radius 2 is 2.05 bits per heavy atom. The van der Waals surface area contributed by atoms with Crippen molar-refractivity contribution in [1.82, 2.24) is 9.47 Å². The molecule has 0 atom stereocenters. The second-order valence-electron chi connectivity index (χ2n) is 5.85. The van der Waals surface area contributed by atoms with Crippen molar-refractivity contribution < 1.29 is 14.7 Å². The molecule has 5 nitrogen and oxygen atoms in total. The van der Waals surface area contributed by atoms with Crippen LogP contribution in [0.5, 0.6) is 0 Å². The molecule has 2 aromatic rings. The number of halogens is 1. The van der Waals surface area contributed by atoms with Crippen LogP contribution in [0.4, 0.5) is 0 Å². The highest BCUT2D eigenvalue weighted by Gasteiger charge is 2.53. The van der Waals surface area contributed by atoms with Gasteiger partial charge in [0.15, 0.2) is 0 Å². The molecular formula is C16H13BrN2O3. The van der Waals surface area contributed by atoms with Gasteiger partial charge in [-0.25, -0.2) is 4.79 Å². The van der Waals surface area contributed by atoms with E-state index in [-0.39, 0.29) is 17.0 Å². The largest absolute Gasteiger partial charge is 0.478 e. The lowest BCUT2D eigenvalue weighted by Crippen LogP contribution is -2.36. The van der Waals surface area contributed by atoms with Crippen LogP contribution in [0, 0.1) is 0 Å². The molecule has 1 aromatic heterocycles. The summed E-state index contributed by atoms with van der Waals surface area (Å²) in [6.07, 6.45) is 3.39. The van der Waals surface area contributed by atoms with Crippen molar-refractivity contribution >= 4 is 27.8 Å². The Morgan fingerprint density at radius 1 is 1.32 bits per heavy atom. The number of benzene rings is 1. The smallest absolute Gasteiger partial charge is 0.337 e. The van der Waals surface area contributed by atoms with E-state index in [0.717, 1.165) is 28.6 Å². The third-order valence-corrected chi connectivity index (χ3v) is 5.17. The number of aromatic nitrogens is 1. The molecule has 2 heterocycles. The van der Waals surface area contributed by atoms with E-state index < -0.39 is 5.97 Å². The zero-order valence-corrected chi connectivity index (χ0v) is 13.4. The molecule has 1 fully saturated rings. The summed E-state index contributed by atoms with van der Waals surface area (Å²) < 4.78 is 2.60. The monoisotopic (exact) mass is 360 g/mol. The zero-order chi connectivity index (χ0) is 15.6. The number of hydrogen-bond acceptors (Lipinski definition) is 2. The van der Waals surface area contributed by atoms with Crippen molar-refractivity contribution in [2.24, 2.45) is 0 Å². The van der Waals surface area contributed by atoms with E-state index in [0.29, 0.717) is 5.69 Å². The van der Waals surface area contributed by atoms with E-state index in [1.165, 1.54) is 12.3 Å². The molecule has 0 radical (unpaired) electrons. The van der Waals surface area contributed by atoms with Crippen LogP contribution in [0.15, 0.2) is 34.9 Å². The maximum atomic E-state index is 12.8. The van der Waals surface area contributed by atoms with Crippen molar-refractivity contribution in [3.63, 3.8) is 0 Å². The van der Waals surface area contributed by atoms with Crippen molar-refractivity contribution in [2.75, 3.05) is 7.05 Å². The fourth-order valence-corrected chi connectivity index (χ4v) is 3.66. The molecule has 0 bridgehead atoms. The average molecular weight is 361 g/mol. The number of nitrogens with zero attached hydrogens (tertiary/aromatic N) is 2. The second-order valence-corrected chi connectivity index (χ2v) is 6.76. The maximum absolute atomic E-state index is 12.8. The summed E-state index contributed by atoms with van der Waals surface area (Å²) in [5.41, 5.74) is 2.19. The Morgan fingerprint density at radius 3 is 2.68 bits per heavy atom. The SMILES string of the molecule is CN1C(=O)c2cc(C(=O)O)cn2-c2cc(Br)ccc2C12CC2. The Bertz CT molecular complexity index is 836. The molecule has 6 heteroatoms. The minimum absolute atomic E-state index is 0.120. The quantitative estimate of drug-likeness (QED) is 0.850. The molecule has 4 rings (SSSR count). The third kappa shape index (κ3) is 1.64. The van der Waals surface area contributed by atoms with Gasteiger partial charge < -0.3 is 14.6 Å². The Hall–Kier alpha value is -2.08. The lowest BCUT2D eigenvalue weighted by Gasteiger charge is -2.27. The number of aromatic carboxylic acids is 1. The summed E-state index contributed by atoms with van der Waals surface area (Å²) in [5.74, 6) is -1.17. The summed E-state index contributed by atoms with van der Waals surface area (Å²) in [5, 5.41) is 9.23. The van der Waals surface area contributed by atoms with Crippen LogP contribution >= 0.6 is 15.9 Å². The van der Waals surface area contributed by atoms with E-state index >= 15 is 0 Å². The average Bonchev–Trinajstić information content (AvgIpc) is 3.17. The minimum Gasteiger partial charge on any atom is -0.478 e. The normalized spacial score (nSPS) is 17.9. The van der Waals surface area contributed by atoms with E-state index in [9.17, 15) is 14.7 Å². The first-order chi connectivity index (χ1) is 10.4. The number of amides is 1. The first-order valence-electron chi connectivity index (χ1n) is 6.98. The van der Waals surface area contributed by atoms with Gasteiger partial charge in [0, 0.05) is 23.3 Å². The van der Waals surface area contributed by atoms with E-state index in [2.05, 4.69) is 15.9 Å². The fraction of sp³-hybridized carbons (Fsp3) is 0.250. The zero-order valence-electron chi connectivity index (χ0n) is 11.8. The lowest BCUT2D eigenvalue weighted by atomic mass is 10.0.